The van der Waals surface area contributed by atoms with E-state index in [1.807, 2.05) is 24.3 Å². The lowest BCUT2D eigenvalue weighted by molar-refractivity contribution is 0.227. The molecule has 2 N–H and O–H groups in total. The first kappa shape index (κ1) is 16.0. The molecule has 0 aliphatic carbocycles. The van der Waals surface area contributed by atoms with Crippen LogP contribution in [0.5, 0.6) is 5.75 Å². The second kappa shape index (κ2) is 8.85. The zero-order valence-electron chi connectivity index (χ0n) is 12.7. The lowest BCUT2D eigenvalue weighted by Gasteiger charge is -2.26. The number of piperidine rings is 1. The van der Waals surface area contributed by atoms with Gasteiger partial charge in [0.05, 0.1) is 7.11 Å². The maximum Gasteiger partial charge on any atom is 0.170 e. The quantitative estimate of drug-likeness (QED) is 0.624. The van der Waals surface area contributed by atoms with Crippen molar-refractivity contribution in [3.63, 3.8) is 0 Å². The van der Waals surface area contributed by atoms with Crippen LogP contribution in [0.3, 0.4) is 0 Å². The summed E-state index contributed by atoms with van der Waals surface area (Å²) in [7, 11) is 1.66. The van der Waals surface area contributed by atoms with E-state index in [1.54, 1.807) is 7.11 Å². The van der Waals surface area contributed by atoms with E-state index in [9.17, 15) is 0 Å². The Hall–Kier alpha value is -1.33. The maximum atomic E-state index is 5.30. The van der Waals surface area contributed by atoms with Gasteiger partial charge in [0.15, 0.2) is 5.11 Å². The number of hydrogen-bond acceptors (Lipinski definition) is 3. The van der Waals surface area contributed by atoms with E-state index < -0.39 is 0 Å². The lowest BCUT2D eigenvalue weighted by Crippen LogP contribution is -2.34. The molecule has 1 aromatic rings. The number of rotatable bonds is 6. The van der Waals surface area contributed by atoms with Crippen molar-refractivity contribution in [2.24, 2.45) is 0 Å². The van der Waals surface area contributed by atoms with E-state index >= 15 is 0 Å². The Kier molecular flexibility index (Phi) is 6.76. The summed E-state index contributed by atoms with van der Waals surface area (Å²) in [6.07, 6.45) is 5.23. The molecular weight excluding hydrogens is 282 g/mol. The van der Waals surface area contributed by atoms with Crippen molar-refractivity contribution < 1.29 is 4.74 Å². The highest BCUT2D eigenvalue weighted by atomic mass is 32.1. The minimum absolute atomic E-state index is 0.679. The molecule has 0 bridgehead atoms. The highest BCUT2D eigenvalue weighted by molar-refractivity contribution is 7.80. The summed E-state index contributed by atoms with van der Waals surface area (Å²) < 4.78 is 5.13. The van der Waals surface area contributed by atoms with Crippen molar-refractivity contribution in [1.82, 2.24) is 10.2 Å². The second-order valence-corrected chi connectivity index (χ2v) is 5.77. The first-order chi connectivity index (χ1) is 10.3. The summed E-state index contributed by atoms with van der Waals surface area (Å²) in [5, 5.41) is 7.12. The predicted molar refractivity (Wildman–Crippen MR) is 92.1 cm³/mol. The number of likely N-dealkylation sites (tertiary alicyclic amines) is 1. The molecular formula is C16H25N3OS. The third kappa shape index (κ3) is 5.89. The summed E-state index contributed by atoms with van der Waals surface area (Å²) in [5.41, 5.74) is 0.976. The van der Waals surface area contributed by atoms with Crippen molar-refractivity contribution in [1.29, 1.82) is 0 Å². The largest absolute Gasteiger partial charge is 0.497 e. The van der Waals surface area contributed by atoms with Gasteiger partial charge in [-0.1, -0.05) is 6.42 Å². The van der Waals surface area contributed by atoms with Crippen LogP contribution < -0.4 is 15.4 Å². The molecule has 1 aliphatic heterocycles. The number of methoxy groups -OCH3 is 1. The van der Waals surface area contributed by atoms with Gasteiger partial charge in [-0.05, 0) is 75.4 Å². The van der Waals surface area contributed by atoms with Crippen LogP contribution in [0.4, 0.5) is 5.69 Å². The van der Waals surface area contributed by atoms with Gasteiger partial charge < -0.3 is 20.3 Å². The molecule has 0 amide bonds. The fourth-order valence-electron chi connectivity index (χ4n) is 2.54. The summed E-state index contributed by atoms with van der Waals surface area (Å²) in [6, 6.07) is 7.75. The summed E-state index contributed by atoms with van der Waals surface area (Å²) in [4.78, 5) is 2.55. The normalized spacial score (nSPS) is 15.5. The fourth-order valence-corrected chi connectivity index (χ4v) is 2.76. The number of hydrogen-bond donors (Lipinski definition) is 2. The number of nitrogens with zero attached hydrogens (tertiary/aromatic N) is 1. The zero-order chi connectivity index (χ0) is 14.9. The Bertz CT molecular complexity index is 430. The van der Waals surface area contributed by atoms with Gasteiger partial charge in [0.25, 0.3) is 0 Å². The van der Waals surface area contributed by atoms with Gasteiger partial charge in [-0.2, -0.15) is 0 Å². The van der Waals surface area contributed by atoms with Gasteiger partial charge in [0.1, 0.15) is 5.75 Å². The number of nitrogens with one attached hydrogen (secondary N) is 2. The van der Waals surface area contributed by atoms with Crippen LogP contribution in [0, 0.1) is 0 Å². The molecule has 2 rings (SSSR count). The van der Waals surface area contributed by atoms with E-state index in [-0.39, 0.29) is 0 Å². The average molecular weight is 307 g/mol. The zero-order valence-corrected chi connectivity index (χ0v) is 13.5. The highest BCUT2D eigenvalue weighted by Gasteiger charge is 2.08. The second-order valence-electron chi connectivity index (χ2n) is 5.37. The molecule has 1 fully saturated rings. The van der Waals surface area contributed by atoms with E-state index in [1.165, 1.54) is 32.4 Å². The Balaban J connectivity index is 1.60. The van der Waals surface area contributed by atoms with Gasteiger partial charge in [-0.15, -0.1) is 0 Å². The van der Waals surface area contributed by atoms with Gasteiger partial charge in [0.2, 0.25) is 0 Å². The highest BCUT2D eigenvalue weighted by Crippen LogP contribution is 2.14. The summed E-state index contributed by atoms with van der Waals surface area (Å²) in [5.74, 6) is 0.848. The van der Waals surface area contributed by atoms with Gasteiger partial charge in [0, 0.05) is 12.2 Å². The van der Waals surface area contributed by atoms with Crippen LogP contribution in [-0.4, -0.2) is 43.3 Å². The minimum Gasteiger partial charge on any atom is -0.497 e. The monoisotopic (exact) mass is 307 g/mol. The molecule has 0 saturated carbocycles. The number of ether oxygens (including phenoxy) is 1. The third-order valence-electron chi connectivity index (χ3n) is 3.73. The van der Waals surface area contributed by atoms with Gasteiger partial charge in [-0.25, -0.2) is 0 Å². The van der Waals surface area contributed by atoms with E-state index in [2.05, 4.69) is 15.5 Å². The standard InChI is InChI=1S/C16H25N3OS/c1-20-15-8-6-14(7-9-15)18-16(21)17-10-5-13-19-11-3-2-4-12-19/h6-9H,2-5,10-13H2,1H3,(H2,17,18,21). The third-order valence-corrected chi connectivity index (χ3v) is 3.98. The molecule has 0 radical (unpaired) electrons. The molecule has 0 aromatic heterocycles. The van der Waals surface area contributed by atoms with Crippen molar-refractivity contribution >= 4 is 23.0 Å². The van der Waals surface area contributed by atoms with Gasteiger partial charge in [-0.3, -0.25) is 0 Å². The number of anilines is 1. The molecule has 0 spiro atoms. The molecule has 1 aliphatic rings. The predicted octanol–water partition coefficient (Wildman–Crippen LogP) is 2.86. The van der Waals surface area contributed by atoms with Crippen LogP contribution in [0.25, 0.3) is 0 Å². The van der Waals surface area contributed by atoms with Crippen LogP contribution in [0.15, 0.2) is 24.3 Å². The van der Waals surface area contributed by atoms with Crippen molar-refractivity contribution in [3.05, 3.63) is 24.3 Å². The summed E-state index contributed by atoms with van der Waals surface area (Å²) >= 11 is 5.30. The first-order valence-corrected chi connectivity index (χ1v) is 8.10. The molecule has 1 heterocycles. The van der Waals surface area contributed by atoms with E-state index in [0.29, 0.717) is 5.11 Å². The maximum absolute atomic E-state index is 5.30. The fraction of sp³-hybridized carbons (Fsp3) is 0.562. The van der Waals surface area contributed by atoms with Crippen LogP contribution in [-0.2, 0) is 0 Å². The smallest absolute Gasteiger partial charge is 0.170 e. The average Bonchev–Trinajstić information content (AvgIpc) is 2.53. The van der Waals surface area contributed by atoms with Crippen LogP contribution in [0.2, 0.25) is 0 Å². The number of thiocarbonyl (C=S) groups is 1. The Morgan fingerprint density at radius 2 is 1.90 bits per heavy atom. The molecule has 4 nitrogen and oxygen atoms in total. The molecule has 21 heavy (non-hydrogen) atoms. The summed E-state index contributed by atoms with van der Waals surface area (Å²) in [6.45, 7) is 4.60. The molecule has 1 aromatic carbocycles. The van der Waals surface area contributed by atoms with Crippen molar-refractivity contribution in [3.8, 4) is 5.75 Å². The first-order valence-electron chi connectivity index (χ1n) is 7.69. The van der Waals surface area contributed by atoms with Crippen molar-refractivity contribution in [2.75, 3.05) is 38.6 Å². The topological polar surface area (TPSA) is 36.5 Å². The molecule has 116 valence electrons. The van der Waals surface area contributed by atoms with Gasteiger partial charge >= 0.3 is 0 Å². The molecule has 5 heteroatoms. The Morgan fingerprint density at radius 1 is 1.19 bits per heavy atom. The van der Waals surface area contributed by atoms with Crippen LogP contribution >= 0.6 is 12.2 Å². The molecule has 0 atom stereocenters. The van der Waals surface area contributed by atoms with Crippen LogP contribution in [0.1, 0.15) is 25.7 Å². The van der Waals surface area contributed by atoms with E-state index in [0.717, 1.165) is 30.9 Å². The minimum atomic E-state index is 0.679. The SMILES string of the molecule is COc1ccc(NC(=S)NCCCN2CCCCC2)cc1. The molecule has 1 saturated heterocycles. The lowest BCUT2D eigenvalue weighted by atomic mass is 10.1. The number of benzene rings is 1. The molecule has 0 unspecified atom stereocenters. The Labute approximate surface area is 132 Å². The Morgan fingerprint density at radius 3 is 2.57 bits per heavy atom. The van der Waals surface area contributed by atoms with E-state index in [4.69, 9.17) is 17.0 Å². The van der Waals surface area contributed by atoms with Crippen molar-refractivity contribution in [2.45, 2.75) is 25.7 Å².